The fraction of sp³-hybridized carbons (Fsp3) is 0.167. The molecule has 1 heterocycles. The molecule has 6 heteroatoms. The van der Waals surface area contributed by atoms with Crippen LogP contribution in [0.2, 0.25) is 0 Å². The van der Waals surface area contributed by atoms with Gasteiger partial charge in [0.1, 0.15) is 0 Å². The number of benzene rings is 2. The molecule has 2 aromatic carbocycles. The second-order valence-electron chi connectivity index (χ2n) is 5.03. The molecule has 24 heavy (non-hydrogen) atoms. The Morgan fingerprint density at radius 1 is 1.12 bits per heavy atom. The minimum absolute atomic E-state index is 0.129. The van der Waals surface area contributed by atoms with Crippen LogP contribution in [0.5, 0.6) is 11.5 Å². The van der Waals surface area contributed by atoms with E-state index in [0.29, 0.717) is 35.2 Å². The van der Waals surface area contributed by atoms with E-state index in [1.807, 2.05) is 30.3 Å². The summed E-state index contributed by atoms with van der Waals surface area (Å²) >= 11 is 0. The van der Waals surface area contributed by atoms with Gasteiger partial charge in [0.25, 0.3) is 5.89 Å². The third kappa shape index (κ3) is 3.70. The summed E-state index contributed by atoms with van der Waals surface area (Å²) in [5.74, 6) is 1.98. The highest BCUT2D eigenvalue weighted by atomic mass is 16.5. The highest BCUT2D eigenvalue weighted by Crippen LogP contribution is 2.28. The lowest BCUT2D eigenvalue weighted by molar-refractivity contribution is 0.233. The monoisotopic (exact) mass is 321 g/mol. The van der Waals surface area contributed by atoms with Gasteiger partial charge >= 0.3 is 0 Å². The molecular weight excluding hydrogens is 306 g/mol. The van der Waals surface area contributed by atoms with Crippen molar-refractivity contribution in [2.75, 3.05) is 7.11 Å². The summed E-state index contributed by atoms with van der Waals surface area (Å²) in [4.78, 5) is 4.31. The van der Waals surface area contributed by atoms with Gasteiger partial charge < -0.3 is 14.0 Å². The van der Waals surface area contributed by atoms with Gasteiger partial charge in [-0.2, -0.15) is 10.2 Å². The molecular formula is C18H15N3O3. The zero-order valence-electron chi connectivity index (χ0n) is 13.1. The Morgan fingerprint density at radius 2 is 1.96 bits per heavy atom. The van der Waals surface area contributed by atoms with E-state index in [9.17, 15) is 0 Å². The largest absolute Gasteiger partial charge is 0.493 e. The van der Waals surface area contributed by atoms with E-state index in [1.165, 1.54) is 7.11 Å². The number of rotatable bonds is 6. The molecule has 0 fully saturated rings. The molecule has 0 N–H and O–H groups in total. The van der Waals surface area contributed by atoms with Crippen LogP contribution >= 0.6 is 0 Å². The molecule has 0 aliphatic carbocycles. The first-order chi connectivity index (χ1) is 11.8. The first-order valence-electron chi connectivity index (χ1n) is 7.35. The summed E-state index contributed by atoms with van der Waals surface area (Å²) in [5.41, 5.74) is 1.61. The molecule has 0 saturated carbocycles. The van der Waals surface area contributed by atoms with Crippen molar-refractivity contribution in [3.8, 4) is 17.6 Å². The van der Waals surface area contributed by atoms with Crippen LogP contribution in [0.15, 0.2) is 53.1 Å². The molecule has 0 saturated heterocycles. The highest BCUT2D eigenvalue weighted by molar-refractivity contribution is 5.46. The van der Waals surface area contributed by atoms with Crippen molar-refractivity contribution in [2.24, 2.45) is 0 Å². The van der Waals surface area contributed by atoms with E-state index in [1.54, 1.807) is 18.2 Å². The minimum Gasteiger partial charge on any atom is -0.493 e. The average Bonchev–Trinajstić information content (AvgIpc) is 3.08. The van der Waals surface area contributed by atoms with E-state index >= 15 is 0 Å². The summed E-state index contributed by atoms with van der Waals surface area (Å²) < 4.78 is 16.1. The molecule has 0 amide bonds. The van der Waals surface area contributed by atoms with Gasteiger partial charge in [0.2, 0.25) is 0 Å². The highest BCUT2D eigenvalue weighted by Gasteiger charge is 2.10. The number of hydrogen-bond acceptors (Lipinski definition) is 6. The molecule has 0 aliphatic rings. The van der Waals surface area contributed by atoms with Gasteiger partial charge in [-0.25, -0.2) is 0 Å². The van der Waals surface area contributed by atoms with Crippen molar-refractivity contribution in [1.29, 1.82) is 5.26 Å². The third-order valence-electron chi connectivity index (χ3n) is 3.36. The summed E-state index contributed by atoms with van der Waals surface area (Å²) in [6.07, 6.45) is 0.602. The number of nitrogens with zero attached hydrogens (tertiary/aromatic N) is 3. The standard InChI is InChI=1S/C18H15N3O3/c1-22-16-9-14(11-19)7-8-15(16)23-12-18-20-17(21-24-18)10-13-5-3-2-4-6-13/h2-9H,10,12H2,1H3. The van der Waals surface area contributed by atoms with Gasteiger partial charge in [-0.1, -0.05) is 35.5 Å². The van der Waals surface area contributed by atoms with E-state index in [-0.39, 0.29) is 6.61 Å². The number of hydrogen-bond donors (Lipinski definition) is 0. The normalized spacial score (nSPS) is 10.2. The maximum absolute atomic E-state index is 8.90. The van der Waals surface area contributed by atoms with Crippen LogP contribution in [-0.2, 0) is 13.0 Å². The Kier molecular flexibility index (Phi) is 4.73. The zero-order chi connectivity index (χ0) is 16.8. The van der Waals surface area contributed by atoms with Crippen LogP contribution in [0, 0.1) is 11.3 Å². The molecule has 0 aliphatic heterocycles. The molecule has 120 valence electrons. The van der Waals surface area contributed by atoms with Crippen molar-refractivity contribution < 1.29 is 14.0 Å². The maximum Gasteiger partial charge on any atom is 0.264 e. The molecule has 6 nitrogen and oxygen atoms in total. The Bertz CT molecular complexity index is 853. The fourth-order valence-electron chi connectivity index (χ4n) is 2.19. The van der Waals surface area contributed by atoms with E-state index in [0.717, 1.165) is 5.56 Å². The van der Waals surface area contributed by atoms with Crippen molar-refractivity contribution >= 4 is 0 Å². The topological polar surface area (TPSA) is 81.2 Å². The number of methoxy groups -OCH3 is 1. The average molecular weight is 321 g/mol. The van der Waals surface area contributed by atoms with Gasteiger partial charge in [0.15, 0.2) is 23.9 Å². The molecule has 0 bridgehead atoms. The van der Waals surface area contributed by atoms with Gasteiger partial charge in [0, 0.05) is 12.5 Å². The second kappa shape index (κ2) is 7.29. The van der Waals surface area contributed by atoms with Crippen LogP contribution in [-0.4, -0.2) is 17.3 Å². The molecule has 0 spiro atoms. The predicted molar refractivity (Wildman–Crippen MR) is 85.6 cm³/mol. The minimum atomic E-state index is 0.129. The van der Waals surface area contributed by atoms with Crippen molar-refractivity contribution in [1.82, 2.24) is 10.1 Å². The lowest BCUT2D eigenvalue weighted by atomic mass is 10.1. The molecule has 0 atom stereocenters. The number of ether oxygens (including phenoxy) is 2. The van der Waals surface area contributed by atoms with Crippen molar-refractivity contribution in [2.45, 2.75) is 13.0 Å². The van der Waals surface area contributed by atoms with Gasteiger partial charge in [-0.15, -0.1) is 0 Å². The summed E-state index contributed by atoms with van der Waals surface area (Å²) in [6.45, 7) is 0.129. The third-order valence-corrected chi connectivity index (χ3v) is 3.36. The Hall–Kier alpha value is -3.33. The van der Waals surface area contributed by atoms with Crippen molar-refractivity contribution in [3.63, 3.8) is 0 Å². The van der Waals surface area contributed by atoms with Gasteiger partial charge in [-0.05, 0) is 17.7 Å². The molecule has 0 radical (unpaired) electrons. The quantitative estimate of drug-likeness (QED) is 0.694. The van der Waals surface area contributed by atoms with Gasteiger partial charge in [0.05, 0.1) is 18.7 Å². The van der Waals surface area contributed by atoms with Crippen molar-refractivity contribution in [3.05, 3.63) is 71.4 Å². The maximum atomic E-state index is 8.90. The summed E-state index contributed by atoms with van der Waals surface area (Å²) in [6, 6.07) is 16.9. The molecule has 3 aromatic rings. The molecule has 3 rings (SSSR count). The van der Waals surface area contributed by atoms with Crippen LogP contribution in [0.25, 0.3) is 0 Å². The Morgan fingerprint density at radius 3 is 2.71 bits per heavy atom. The van der Waals surface area contributed by atoms with E-state index in [2.05, 4.69) is 16.2 Å². The van der Waals surface area contributed by atoms with Crippen LogP contribution in [0.1, 0.15) is 22.8 Å². The fourth-order valence-corrected chi connectivity index (χ4v) is 2.19. The predicted octanol–water partition coefficient (Wildman–Crippen LogP) is 3.12. The first-order valence-corrected chi connectivity index (χ1v) is 7.35. The lowest BCUT2D eigenvalue weighted by Gasteiger charge is -2.08. The SMILES string of the molecule is COc1cc(C#N)ccc1OCc1nc(Cc2ccccc2)no1. The lowest BCUT2D eigenvalue weighted by Crippen LogP contribution is -1.99. The van der Waals surface area contributed by atoms with Crippen LogP contribution in [0.4, 0.5) is 0 Å². The number of nitriles is 1. The zero-order valence-corrected chi connectivity index (χ0v) is 13.1. The molecule has 0 unspecified atom stereocenters. The smallest absolute Gasteiger partial charge is 0.264 e. The van der Waals surface area contributed by atoms with E-state index < -0.39 is 0 Å². The second-order valence-corrected chi connectivity index (χ2v) is 5.03. The Labute approximate surface area is 139 Å². The van der Waals surface area contributed by atoms with E-state index in [4.69, 9.17) is 19.3 Å². The van der Waals surface area contributed by atoms with Crippen LogP contribution in [0.3, 0.4) is 0 Å². The van der Waals surface area contributed by atoms with Gasteiger partial charge in [-0.3, -0.25) is 0 Å². The Balaban J connectivity index is 1.64. The van der Waals surface area contributed by atoms with Crippen LogP contribution < -0.4 is 9.47 Å². The summed E-state index contributed by atoms with van der Waals surface area (Å²) in [5, 5.41) is 12.9. The first kappa shape index (κ1) is 15.6. The number of aromatic nitrogens is 2. The molecule has 1 aromatic heterocycles. The summed E-state index contributed by atoms with van der Waals surface area (Å²) in [7, 11) is 1.52.